The summed E-state index contributed by atoms with van der Waals surface area (Å²) in [4.78, 5) is 16.2. The number of alkyl halides is 2. The molecule has 9 heteroatoms. The number of carbonyl (C=O) groups is 1. The van der Waals surface area contributed by atoms with Crippen LogP contribution in [0.2, 0.25) is 0 Å². The van der Waals surface area contributed by atoms with Gasteiger partial charge in [-0.1, -0.05) is 20.8 Å². The highest BCUT2D eigenvalue weighted by molar-refractivity contribution is 7.09. The summed E-state index contributed by atoms with van der Waals surface area (Å²) >= 11 is 1.47. The van der Waals surface area contributed by atoms with Gasteiger partial charge in [0.2, 0.25) is 5.91 Å². The Morgan fingerprint density at radius 1 is 1.50 bits per heavy atom. The monoisotopic (exact) mass is 375 g/mol. The van der Waals surface area contributed by atoms with Crippen molar-refractivity contribution in [2.24, 2.45) is 0 Å². The van der Waals surface area contributed by atoms with E-state index in [4.69, 9.17) is 0 Å². The number of nitrogens with one attached hydrogen (secondary N) is 2. The first-order valence-electron chi connectivity index (χ1n) is 6.51. The van der Waals surface area contributed by atoms with E-state index in [-0.39, 0.29) is 36.8 Å². The third-order valence-corrected chi connectivity index (χ3v) is 4.01. The van der Waals surface area contributed by atoms with Crippen molar-refractivity contribution in [1.82, 2.24) is 15.6 Å². The molecule has 2 rings (SSSR count). The molecule has 0 saturated carbocycles. The van der Waals surface area contributed by atoms with E-state index >= 15 is 0 Å². The number of hydrogen-bond acceptors (Lipinski definition) is 4. The molecule has 1 fully saturated rings. The number of rotatable bonds is 3. The fourth-order valence-corrected chi connectivity index (χ4v) is 2.88. The second-order valence-corrected chi connectivity index (χ2v) is 7.03. The number of thiazole rings is 1. The SMILES string of the molecule is CC(C)(C)c1csc(CNC(=O)C2CC(F)(F)CN2)n1.Cl.Cl. The average molecular weight is 376 g/mol. The van der Waals surface area contributed by atoms with Crippen molar-refractivity contribution in [3.8, 4) is 0 Å². The zero-order valence-corrected chi connectivity index (χ0v) is 15.1. The molecule has 0 aliphatic carbocycles. The predicted octanol–water partition coefficient (Wildman–Crippen LogP) is 2.90. The van der Waals surface area contributed by atoms with Crippen LogP contribution in [-0.2, 0) is 16.8 Å². The van der Waals surface area contributed by atoms with Crippen molar-refractivity contribution in [2.45, 2.75) is 51.1 Å². The van der Waals surface area contributed by atoms with E-state index < -0.39 is 30.8 Å². The van der Waals surface area contributed by atoms with E-state index in [1.54, 1.807) is 0 Å². The van der Waals surface area contributed by atoms with E-state index in [0.717, 1.165) is 10.7 Å². The van der Waals surface area contributed by atoms with Gasteiger partial charge in [0.15, 0.2) is 0 Å². The van der Waals surface area contributed by atoms with Gasteiger partial charge in [0.25, 0.3) is 5.92 Å². The molecule has 2 heterocycles. The molecule has 1 unspecified atom stereocenters. The van der Waals surface area contributed by atoms with Crippen molar-refractivity contribution in [1.29, 1.82) is 0 Å². The molecule has 1 aliphatic heterocycles. The van der Waals surface area contributed by atoms with Crippen molar-refractivity contribution in [3.63, 3.8) is 0 Å². The van der Waals surface area contributed by atoms with Crippen LogP contribution in [0.4, 0.5) is 8.78 Å². The number of nitrogens with zero attached hydrogens (tertiary/aromatic N) is 1. The maximum Gasteiger partial charge on any atom is 0.262 e. The minimum absolute atomic E-state index is 0. The zero-order valence-electron chi connectivity index (χ0n) is 12.6. The van der Waals surface area contributed by atoms with Crippen LogP contribution in [0.1, 0.15) is 37.9 Å². The molecular formula is C13H21Cl2F2N3OS. The van der Waals surface area contributed by atoms with Crippen LogP contribution < -0.4 is 10.6 Å². The molecule has 1 aromatic rings. The number of aromatic nitrogens is 1. The van der Waals surface area contributed by atoms with Gasteiger partial charge in [-0.2, -0.15) is 0 Å². The molecule has 1 atom stereocenters. The second kappa shape index (κ2) is 7.86. The Bertz CT molecular complexity index is 506. The van der Waals surface area contributed by atoms with E-state index in [9.17, 15) is 13.6 Å². The maximum atomic E-state index is 13.0. The molecule has 0 aromatic carbocycles. The van der Waals surface area contributed by atoms with Gasteiger partial charge in [0, 0.05) is 17.2 Å². The molecule has 4 nitrogen and oxygen atoms in total. The summed E-state index contributed by atoms with van der Waals surface area (Å²) in [5.41, 5.74) is 0.936. The number of halogens is 4. The summed E-state index contributed by atoms with van der Waals surface area (Å²) in [5.74, 6) is -3.18. The van der Waals surface area contributed by atoms with E-state index in [1.165, 1.54) is 11.3 Å². The number of amides is 1. The molecule has 0 spiro atoms. The summed E-state index contributed by atoms with van der Waals surface area (Å²) < 4.78 is 26.0. The molecule has 128 valence electrons. The fourth-order valence-electron chi connectivity index (χ4n) is 1.92. The van der Waals surface area contributed by atoms with Gasteiger partial charge < -0.3 is 5.32 Å². The van der Waals surface area contributed by atoms with E-state index in [1.807, 2.05) is 5.38 Å². The third kappa shape index (κ3) is 5.61. The van der Waals surface area contributed by atoms with Crippen molar-refractivity contribution in [2.75, 3.05) is 6.54 Å². The number of carbonyl (C=O) groups excluding carboxylic acids is 1. The summed E-state index contributed by atoms with van der Waals surface area (Å²) in [7, 11) is 0. The summed E-state index contributed by atoms with van der Waals surface area (Å²) in [6.45, 7) is 6.04. The summed E-state index contributed by atoms with van der Waals surface area (Å²) in [6.07, 6.45) is -0.441. The third-order valence-electron chi connectivity index (χ3n) is 3.16. The van der Waals surface area contributed by atoms with Gasteiger partial charge in [-0.3, -0.25) is 10.1 Å². The minimum Gasteiger partial charge on any atom is -0.348 e. The lowest BCUT2D eigenvalue weighted by Gasteiger charge is -2.14. The molecular weight excluding hydrogens is 355 g/mol. The first kappa shape index (κ1) is 21.5. The van der Waals surface area contributed by atoms with Crippen molar-refractivity contribution < 1.29 is 13.6 Å². The van der Waals surface area contributed by atoms with Crippen molar-refractivity contribution >= 4 is 42.1 Å². The predicted molar refractivity (Wildman–Crippen MR) is 88.5 cm³/mol. The highest BCUT2D eigenvalue weighted by Crippen LogP contribution is 2.26. The van der Waals surface area contributed by atoms with E-state index in [2.05, 4.69) is 36.4 Å². The fraction of sp³-hybridized carbons (Fsp3) is 0.692. The highest BCUT2D eigenvalue weighted by atomic mass is 35.5. The molecule has 1 amide bonds. The topological polar surface area (TPSA) is 54.0 Å². The van der Waals surface area contributed by atoms with Crippen LogP contribution in [0, 0.1) is 0 Å². The Labute approximate surface area is 145 Å². The molecule has 0 bridgehead atoms. The van der Waals surface area contributed by atoms with Crippen molar-refractivity contribution in [3.05, 3.63) is 16.1 Å². The van der Waals surface area contributed by atoms with Gasteiger partial charge in [-0.05, 0) is 0 Å². The largest absolute Gasteiger partial charge is 0.348 e. The molecule has 0 radical (unpaired) electrons. The lowest BCUT2D eigenvalue weighted by Crippen LogP contribution is -2.40. The van der Waals surface area contributed by atoms with Crippen LogP contribution in [0.5, 0.6) is 0 Å². The Morgan fingerprint density at radius 3 is 2.59 bits per heavy atom. The lowest BCUT2D eigenvalue weighted by molar-refractivity contribution is -0.123. The number of hydrogen-bond donors (Lipinski definition) is 2. The normalized spacial score (nSPS) is 20.0. The molecule has 1 saturated heterocycles. The second-order valence-electron chi connectivity index (χ2n) is 6.09. The molecule has 1 aliphatic rings. The molecule has 2 N–H and O–H groups in total. The van der Waals surface area contributed by atoms with Gasteiger partial charge in [-0.25, -0.2) is 13.8 Å². The van der Waals surface area contributed by atoms with Gasteiger partial charge in [0.05, 0.1) is 24.8 Å². The van der Waals surface area contributed by atoms with E-state index in [0.29, 0.717) is 0 Å². The quantitative estimate of drug-likeness (QED) is 0.853. The highest BCUT2D eigenvalue weighted by Gasteiger charge is 2.42. The Balaban J connectivity index is 0.00000220. The maximum absolute atomic E-state index is 13.0. The summed E-state index contributed by atoms with van der Waals surface area (Å²) in [5, 5.41) is 7.94. The smallest absolute Gasteiger partial charge is 0.262 e. The Kier molecular flexibility index (Phi) is 7.68. The Morgan fingerprint density at radius 2 is 2.14 bits per heavy atom. The van der Waals surface area contributed by atoms with Crippen LogP contribution in [0.3, 0.4) is 0 Å². The van der Waals surface area contributed by atoms with Crippen LogP contribution in [-0.4, -0.2) is 29.4 Å². The molecule has 22 heavy (non-hydrogen) atoms. The molecule has 1 aromatic heterocycles. The van der Waals surface area contributed by atoms with Crippen LogP contribution >= 0.6 is 36.2 Å². The lowest BCUT2D eigenvalue weighted by atomic mass is 9.93. The van der Waals surface area contributed by atoms with Gasteiger partial charge in [0.1, 0.15) is 5.01 Å². The standard InChI is InChI=1S/C13H19F2N3OS.2ClH/c1-12(2,3)9-6-20-10(18-9)5-16-11(19)8-4-13(14,15)7-17-8;;/h6,8,17H,4-5,7H2,1-3H3,(H,16,19);2*1H. The van der Waals surface area contributed by atoms with Crippen LogP contribution in [0.25, 0.3) is 0 Å². The first-order valence-corrected chi connectivity index (χ1v) is 7.39. The van der Waals surface area contributed by atoms with Crippen LogP contribution in [0.15, 0.2) is 5.38 Å². The van der Waals surface area contributed by atoms with Gasteiger partial charge >= 0.3 is 0 Å². The minimum atomic E-state index is -2.79. The zero-order chi connectivity index (χ0) is 15.0. The first-order chi connectivity index (χ1) is 9.17. The van der Waals surface area contributed by atoms with Gasteiger partial charge in [-0.15, -0.1) is 36.2 Å². The Hall–Kier alpha value is -0.500. The average Bonchev–Trinajstić information content (AvgIpc) is 2.91. The summed E-state index contributed by atoms with van der Waals surface area (Å²) in [6, 6.07) is -0.813.